The van der Waals surface area contributed by atoms with Crippen LogP contribution in [0.3, 0.4) is 0 Å². The zero-order valence-electron chi connectivity index (χ0n) is 15.7. The molecule has 0 saturated carbocycles. The second-order valence-electron chi connectivity index (χ2n) is 6.66. The van der Waals surface area contributed by atoms with Crippen molar-refractivity contribution in [3.8, 4) is 0 Å². The van der Waals surface area contributed by atoms with Crippen molar-refractivity contribution in [2.24, 2.45) is 11.8 Å². The van der Waals surface area contributed by atoms with E-state index in [1.54, 1.807) is 0 Å². The Morgan fingerprint density at radius 3 is 1.78 bits per heavy atom. The van der Waals surface area contributed by atoms with Gasteiger partial charge in [0.2, 0.25) is 0 Å². The Balaban J connectivity index is 0. The normalized spacial score (nSPS) is 14.0. The van der Waals surface area contributed by atoms with E-state index in [2.05, 4.69) is 32.4 Å². The zero-order valence-corrected chi connectivity index (χ0v) is 19.7. The zero-order chi connectivity index (χ0) is 16.8. The minimum absolute atomic E-state index is 0. The number of phosphoric acid groups is 1. The first kappa shape index (κ1) is 26.9. The molecule has 0 fully saturated rings. The van der Waals surface area contributed by atoms with Crippen molar-refractivity contribution in [1.29, 1.82) is 0 Å². The smallest absolute Gasteiger partial charge is 0.754 e. The summed E-state index contributed by atoms with van der Waals surface area (Å²) in [5.41, 5.74) is 0. The van der Waals surface area contributed by atoms with E-state index in [-0.39, 0.29) is 64.6 Å². The van der Waals surface area contributed by atoms with Crippen LogP contribution in [0.15, 0.2) is 0 Å². The van der Waals surface area contributed by atoms with Crippen LogP contribution in [0.25, 0.3) is 0 Å². The van der Waals surface area contributed by atoms with E-state index < -0.39 is 7.82 Å². The molecule has 0 bridgehead atoms. The molecule has 0 rings (SSSR count). The van der Waals surface area contributed by atoms with Crippen LogP contribution >= 0.6 is 7.82 Å². The quantitative estimate of drug-likeness (QED) is 0.143. The van der Waals surface area contributed by atoms with Gasteiger partial charge >= 0.3 is 51.4 Å². The van der Waals surface area contributed by atoms with E-state index >= 15 is 0 Å². The first-order chi connectivity index (χ1) is 10.3. The van der Waals surface area contributed by atoms with Gasteiger partial charge in [-0.3, -0.25) is 4.57 Å². The van der Waals surface area contributed by atoms with Crippen LogP contribution < -0.4 is 56.3 Å². The standard InChI is InChI=1S/C16H35O5P.K/c1-15(2)11-7-5-9-13-19-21-22(17,18)20-14-10-6-8-12-16(3)4;/h15-16H,5-14H2,1-4H3,(H,17,18);/q;+1/p-1. The predicted octanol–water partition coefficient (Wildman–Crippen LogP) is 1.86. The number of hydrogen-bond acceptors (Lipinski definition) is 5. The van der Waals surface area contributed by atoms with E-state index in [1.807, 2.05) is 0 Å². The molecular weight excluding hydrogens is 342 g/mol. The number of hydrogen-bond donors (Lipinski definition) is 0. The molecule has 0 radical (unpaired) electrons. The third-order valence-electron chi connectivity index (χ3n) is 3.33. The van der Waals surface area contributed by atoms with Gasteiger partial charge < -0.3 is 9.42 Å². The maximum atomic E-state index is 11.4. The van der Waals surface area contributed by atoms with Gasteiger partial charge in [-0.05, 0) is 24.7 Å². The van der Waals surface area contributed by atoms with Crippen molar-refractivity contribution in [3.05, 3.63) is 0 Å². The van der Waals surface area contributed by atoms with Crippen molar-refractivity contribution in [1.82, 2.24) is 0 Å². The van der Waals surface area contributed by atoms with Crippen molar-refractivity contribution in [3.63, 3.8) is 0 Å². The first-order valence-electron chi connectivity index (χ1n) is 8.60. The maximum Gasteiger partial charge on any atom is 1.00 e. The predicted molar refractivity (Wildman–Crippen MR) is 87.2 cm³/mol. The largest absolute Gasteiger partial charge is 1.00 e. The summed E-state index contributed by atoms with van der Waals surface area (Å²) < 4.78 is 20.5. The van der Waals surface area contributed by atoms with Crippen LogP contribution in [0.2, 0.25) is 0 Å². The molecule has 0 amide bonds. The number of rotatable bonds is 15. The van der Waals surface area contributed by atoms with Crippen LogP contribution in [0.1, 0.15) is 79.1 Å². The van der Waals surface area contributed by atoms with Crippen molar-refractivity contribution >= 4 is 7.82 Å². The molecule has 5 nitrogen and oxygen atoms in total. The molecule has 0 N–H and O–H groups in total. The maximum absolute atomic E-state index is 11.4. The van der Waals surface area contributed by atoms with Crippen LogP contribution in [0.4, 0.5) is 0 Å². The second-order valence-corrected chi connectivity index (χ2v) is 7.97. The van der Waals surface area contributed by atoms with Gasteiger partial charge in [-0.2, -0.15) is 4.67 Å². The van der Waals surface area contributed by atoms with E-state index in [0.717, 1.165) is 44.9 Å². The fourth-order valence-electron chi connectivity index (χ4n) is 2.02. The average molecular weight is 377 g/mol. The third kappa shape index (κ3) is 21.7. The molecule has 1 unspecified atom stereocenters. The van der Waals surface area contributed by atoms with Gasteiger partial charge in [0.25, 0.3) is 7.82 Å². The van der Waals surface area contributed by atoms with Gasteiger partial charge in [0.15, 0.2) is 0 Å². The Morgan fingerprint density at radius 1 is 0.826 bits per heavy atom. The Bertz CT molecular complexity index is 300. The number of unbranched alkanes of at least 4 members (excludes halogenated alkanes) is 4. The molecule has 0 aromatic rings. The minimum Gasteiger partial charge on any atom is -0.754 e. The SMILES string of the molecule is CC(C)CCCCCOOP(=O)([O-])OCCCCCC(C)C.[K+]. The Kier molecular flexibility index (Phi) is 20.1. The topological polar surface area (TPSA) is 67.8 Å². The van der Waals surface area contributed by atoms with Crippen molar-refractivity contribution < 1.29 is 74.9 Å². The first-order valence-corrected chi connectivity index (χ1v) is 10.1. The van der Waals surface area contributed by atoms with Crippen LogP contribution in [0.5, 0.6) is 0 Å². The van der Waals surface area contributed by atoms with E-state index in [1.165, 1.54) is 6.42 Å². The molecule has 0 aliphatic rings. The van der Waals surface area contributed by atoms with E-state index in [9.17, 15) is 9.46 Å². The molecular formula is C16H34KO5P. The Morgan fingerprint density at radius 2 is 1.30 bits per heavy atom. The molecule has 1 atom stereocenters. The average Bonchev–Trinajstić information content (AvgIpc) is 2.41. The summed E-state index contributed by atoms with van der Waals surface area (Å²) in [5, 5.41) is 0. The molecule has 0 aliphatic carbocycles. The van der Waals surface area contributed by atoms with Gasteiger partial charge in [-0.15, -0.1) is 0 Å². The minimum atomic E-state index is -4.30. The van der Waals surface area contributed by atoms with Gasteiger partial charge in [0.05, 0.1) is 13.2 Å². The summed E-state index contributed by atoms with van der Waals surface area (Å²) in [6.07, 6.45) is 8.06. The summed E-state index contributed by atoms with van der Waals surface area (Å²) in [6, 6.07) is 0. The molecule has 134 valence electrons. The van der Waals surface area contributed by atoms with Gasteiger partial charge in [0.1, 0.15) is 0 Å². The molecule has 23 heavy (non-hydrogen) atoms. The summed E-state index contributed by atoms with van der Waals surface area (Å²) in [6.45, 7) is 9.17. The fraction of sp³-hybridized carbons (Fsp3) is 1.00. The third-order valence-corrected chi connectivity index (χ3v) is 4.12. The molecule has 0 spiro atoms. The van der Waals surface area contributed by atoms with Crippen molar-refractivity contribution in [2.75, 3.05) is 13.2 Å². The molecule has 0 aromatic heterocycles. The Labute approximate surface area is 185 Å². The van der Waals surface area contributed by atoms with Gasteiger partial charge in [0, 0.05) is 0 Å². The van der Waals surface area contributed by atoms with E-state index in [4.69, 9.17) is 9.41 Å². The van der Waals surface area contributed by atoms with Crippen molar-refractivity contribution in [2.45, 2.75) is 79.1 Å². The summed E-state index contributed by atoms with van der Waals surface area (Å²) in [5.74, 6) is 1.39. The van der Waals surface area contributed by atoms with Crippen LogP contribution in [0, 0.1) is 11.8 Å². The summed E-state index contributed by atoms with van der Waals surface area (Å²) >= 11 is 0. The van der Waals surface area contributed by atoms with Gasteiger partial charge in [-0.1, -0.05) is 66.2 Å². The Hall–Kier alpha value is 1.71. The van der Waals surface area contributed by atoms with Gasteiger partial charge in [-0.25, -0.2) is 4.89 Å². The molecule has 7 heteroatoms. The molecule has 0 aromatic carbocycles. The second kappa shape index (κ2) is 17.1. The molecule has 0 aliphatic heterocycles. The monoisotopic (exact) mass is 376 g/mol. The van der Waals surface area contributed by atoms with E-state index in [0.29, 0.717) is 11.8 Å². The molecule has 0 saturated heterocycles. The summed E-state index contributed by atoms with van der Waals surface area (Å²) in [4.78, 5) is 16.1. The molecule has 0 heterocycles. The number of phosphoric ester groups is 1. The fourth-order valence-corrected chi connectivity index (χ4v) is 2.62. The van der Waals surface area contributed by atoms with Crippen LogP contribution in [-0.4, -0.2) is 13.2 Å². The van der Waals surface area contributed by atoms with Crippen LogP contribution in [-0.2, 0) is 18.7 Å². The summed E-state index contributed by atoms with van der Waals surface area (Å²) in [7, 11) is -4.30.